The maximum atomic E-state index is 11.8. The molecule has 1 aromatic rings. The largest absolute Gasteiger partial charge is 0.381 e. The summed E-state index contributed by atoms with van der Waals surface area (Å²) in [5.41, 5.74) is 1.28. The highest BCUT2D eigenvalue weighted by atomic mass is 16.5. The fraction of sp³-hybridized carbons (Fsp3) is 0.562. The molecule has 0 spiro atoms. The molecule has 0 bridgehead atoms. The Labute approximate surface area is 126 Å². The van der Waals surface area contributed by atoms with Crippen molar-refractivity contribution in [1.82, 2.24) is 15.5 Å². The van der Waals surface area contributed by atoms with Crippen molar-refractivity contribution in [2.45, 2.75) is 12.5 Å². The predicted molar refractivity (Wildman–Crippen MR) is 83.3 cm³/mol. The second-order valence-electron chi connectivity index (χ2n) is 5.80. The molecule has 2 N–H and O–H groups in total. The van der Waals surface area contributed by atoms with Gasteiger partial charge in [0.05, 0.1) is 13.2 Å². The molecule has 5 heteroatoms. The lowest BCUT2D eigenvalue weighted by atomic mass is 10.1. The molecule has 1 atom stereocenters. The summed E-state index contributed by atoms with van der Waals surface area (Å²) < 4.78 is 5.08. The van der Waals surface area contributed by atoms with Gasteiger partial charge in [-0.15, -0.1) is 0 Å². The highest BCUT2D eigenvalue weighted by Crippen LogP contribution is 2.08. The summed E-state index contributed by atoms with van der Waals surface area (Å²) in [6.45, 7) is 2.84. The van der Waals surface area contributed by atoms with E-state index in [1.54, 1.807) is 0 Å². The van der Waals surface area contributed by atoms with Crippen molar-refractivity contribution in [3.05, 3.63) is 35.9 Å². The molecular formula is C16H25N3O2. The summed E-state index contributed by atoms with van der Waals surface area (Å²) in [6, 6.07) is 10.5. The maximum Gasteiger partial charge on any atom is 0.314 e. The number of amides is 2. The van der Waals surface area contributed by atoms with Crippen LogP contribution in [0.5, 0.6) is 0 Å². The summed E-state index contributed by atoms with van der Waals surface area (Å²) in [5.74, 6) is 0.477. The smallest absolute Gasteiger partial charge is 0.314 e. The van der Waals surface area contributed by atoms with E-state index in [4.69, 9.17) is 4.74 Å². The van der Waals surface area contributed by atoms with E-state index in [2.05, 4.69) is 27.7 Å². The molecule has 1 saturated heterocycles. The van der Waals surface area contributed by atoms with E-state index in [0.29, 0.717) is 19.0 Å². The normalized spacial score (nSPS) is 16.3. The van der Waals surface area contributed by atoms with E-state index in [1.807, 2.05) is 32.3 Å². The first kappa shape index (κ1) is 15.8. The maximum absolute atomic E-state index is 11.8. The van der Waals surface area contributed by atoms with Crippen molar-refractivity contribution in [3.8, 4) is 0 Å². The zero-order valence-electron chi connectivity index (χ0n) is 12.8. The third-order valence-corrected chi connectivity index (χ3v) is 3.80. The average molecular weight is 291 g/mol. The van der Waals surface area contributed by atoms with Crippen molar-refractivity contribution in [2.24, 2.45) is 5.92 Å². The van der Waals surface area contributed by atoms with Gasteiger partial charge in [0.2, 0.25) is 0 Å². The first-order chi connectivity index (χ1) is 10.1. The zero-order chi connectivity index (χ0) is 15.1. The monoisotopic (exact) mass is 291 g/mol. The number of rotatable bonds is 7. The Morgan fingerprint density at radius 3 is 2.57 bits per heavy atom. The van der Waals surface area contributed by atoms with Gasteiger partial charge in [0.1, 0.15) is 0 Å². The van der Waals surface area contributed by atoms with Gasteiger partial charge in [-0.2, -0.15) is 0 Å². The van der Waals surface area contributed by atoms with Crippen LogP contribution in [-0.2, 0) is 11.2 Å². The second-order valence-corrected chi connectivity index (χ2v) is 5.80. The van der Waals surface area contributed by atoms with Crippen LogP contribution in [0.1, 0.15) is 5.56 Å². The SMILES string of the molecule is CN(C)C(CNC(=O)NCC1COC1)Cc1ccccc1. The van der Waals surface area contributed by atoms with E-state index >= 15 is 0 Å². The van der Waals surface area contributed by atoms with Gasteiger partial charge in [0.15, 0.2) is 0 Å². The summed E-state index contributed by atoms with van der Waals surface area (Å²) in [6.07, 6.45) is 0.921. The second kappa shape index (κ2) is 8.00. The lowest BCUT2D eigenvalue weighted by Crippen LogP contribution is -2.47. The van der Waals surface area contributed by atoms with Gasteiger partial charge < -0.3 is 20.3 Å². The number of hydrogen-bond acceptors (Lipinski definition) is 3. The number of nitrogens with zero attached hydrogens (tertiary/aromatic N) is 1. The van der Waals surface area contributed by atoms with Crippen LogP contribution >= 0.6 is 0 Å². The molecule has 0 aromatic heterocycles. The Bertz CT molecular complexity index is 432. The van der Waals surface area contributed by atoms with E-state index in [9.17, 15) is 4.79 Å². The van der Waals surface area contributed by atoms with Gasteiger partial charge in [-0.25, -0.2) is 4.79 Å². The summed E-state index contributed by atoms with van der Waals surface area (Å²) in [4.78, 5) is 13.9. The Morgan fingerprint density at radius 1 is 1.29 bits per heavy atom. The third kappa shape index (κ3) is 5.36. The molecule has 1 heterocycles. The van der Waals surface area contributed by atoms with Gasteiger partial charge in [-0.05, 0) is 26.1 Å². The zero-order valence-corrected chi connectivity index (χ0v) is 12.8. The minimum Gasteiger partial charge on any atom is -0.381 e. The van der Waals surface area contributed by atoms with Crippen molar-refractivity contribution < 1.29 is 9.53 Å². The number of carbonyl (C=O) groups excluding carboxylic acids is 1. The van der Waals surface area contributed by atoms with Crippen LogP contribution in [0, 0.1) is 5.92 Å². The molecule has 0 saturated carbocycles. The number of hydrogen-bond donors (Lipinski definition) is 2. The van der Waals surface area contributed by atoms with Gasteiger partial charge in [-0.3, -0.25) is 0 Å². The summed E-state index contributed by atoms with van der Waals surface area (Å²) in [7, 11) is 4.08. The van der Waals surface area contributed by atoms with E-state index < -0.39 is 0 Å². The molecule has 1 aliphatic rings. The van der Waals surface area contributed by atoms with Crippen LogP contribution in [-0.4, -0.2) is 57.4 Å². The number of carbonyl (C=O) groups is 1. The standard InChI is InChI=1S/C16H25N3O2/c1-19(2)15(8-13-6-4-3-5-7-13)10-18-16(20)17-9-14-11-21-12-14/h3-7,14-15H,8-12H2,1-2H3,(H2,17,18,20). The first-order valence-electron chi connectivity index (χ1n) is 7.45. The van der Waals surface area contributed by atoms with Crippen LogP contribution in [0.3, 0.4) is 0 Å². The number of likely N-dealkylation sites (N-methyl/N-ethyl adjacent to an activating group) is 1. The van der Waals surface area contributed by atoms with E-state index in [-0.39, 0.29) is 12.1 Å². The molecule has 0 radical (unpaired) electrons. The van der Waals surface area contributed by atoms with E-state index in [0.717, 1.165) is 19.6 Å². The number of nitrogens with one attached hydrogen (secondary N) is 2. The van der Waals surface area contributed by atoms with Crippen LogP contribution < -0.4 is 10.6 Å². The molecule has 21 heavy (non-hydrogen) atoms. The Balaban J connectivity index is 1.72. The predicted octanol–water partition coefficient (Wildman–Crippen LogP) is 1.10. The lowest BCUT2D eigenvalue weighted by molar-refractivity contribution is -0.0293. The van der Waals surface area contributed by atoms with Crippen LogP contribution in [0.25, 0.3) is 0 Å². The number of urea groups is 1. The Kier molecular flexibility index (Phi) is 6.02. The molecule has 116 valence electrons. The van der Waals surface area contributed by atoms with Crippen LogP contribution in [0.15, 0.2) is 30.3 Å². The third-order valence-electron chi connectivity index (χ3n) is 3.80. The highest BCUT2D eigenvalue weighted by Gasteiger charge is 2.19. The minimum absolute atomic E-state index is 0.0955. The molecule has 1 unspecified atom stereocenters. The van der Waals surface area contributed by atoms with Gasteiger partial charge in [0, 0.05) is 25.0 Å². The van der Waals surface area contributed by atoms with Crippen molar-refractivity contribution in [3.63, 3.8) is 0 Å². The van der Waals surface area contributed by atoms with Crippen LogP contribution in [0.2, 0.25) is 0 Å². The summed E-state index contributed by atoms with van der Waals surface area (Å²) in [5, 5.41) is 5.85. The number of ether oxygens (including phenoxy) is 1. The Hall–Kier alpha value is -1.59. The molecule has 1 aromatic carbocycles. The van der Waals surface area contributed by atoms with Crippen molar-refractivity contribution in [1.29, 1.82) is 0 Å². The average Bonchev–Trinajstić information content (AvgIpc) is 2.42. The first-order valence-corrected chi connectivity index (χ1v) is 7.45. The Morgan fingerprint density at radius 2 is 2.00 bits per heavy atom. The lowest BCUT2D eigenvalue weighted by Gasteiger charge is -2.27. The fourth-order valence-corrected chi connectivity index (χ4v) is 2.24. The molecular weight excluding hydrogens is 266 g/mol. The molecule has 1 fully saturated rings. The molecule has 0 aliphatic carbocycles. The molecule has 5 nitrogen and oxygen atoms in total. The molecule has 2 rings (SSSR count). The molecule has 2 amide bonds. The van der Waals surface area contributed by atoms with E-state index in [1.165, 1.54) is 5.56 Å². The van der Waals surface area contributed by atoms with Crippen LogP contribution in [0.4, 0.5) is 4.79 Å². The highest BCUT2D eigenvalue weighted by molar-refractivity contribution is 5.73. The van der Waals surface area contributed by atoms with Crippen molar-refractivity contribution in [2.75, 3.05) is 40.4 Å². The topological polar surface area (TPSA) is 53.6 Å². The quantitative estimate of drug-likeness (QED) is 0.791. The number of benzene rings is 1. The van der Waals surface area contributed by atoms with Gasteiger partial charge in [-0.1, -0.05) is 30.3 Å². The van der Waals surface area contributed by atoms with Crippen molar-refractivity contribution >= 4 is 6.03 Å². The summed E-state index contributed by atoms with van der Waals surface area (Å²) >= 11 is 0. The molecule has 1 aliphatic heterocycles. The minimum atomic E-state index is -0.0955. The van der Waals surface area contributed by atoms with Gasteiger partial charge in [0.25, 0.3) is 0 Å². The van der Waals surface area contributed by atoms with Gasteiger partial charge >= 0.3 is 6.03 Å². The fourth-order valence-electron chi connectivity index (χ4n) is 2.24.